The van der Waals surface area contributed by atoms with Crippen LogP contribution in [0.5, 0.6) is 0 Å². The summed E-state index contributed by atoms with van der Waals surface area (Å²) < 4.78 is 31.8. The van der Waals surface area contributed by atoms with Crippen molar-refractivity contribution in [2.45, 2.75) is 19.2 Å². The van der Waals surface area contributed by atoms with Crippen molar-refractivity contribution in [2.75, 3.05) is 0 Å². The highest BCUT2D eigenvalue weighted by molar-refractivity contribution is 7.88. The van der Waals surface area contributed by atoms with Gasteiger partial charge in [-0.15, -0.1) is 0 Å². The lowest BCUT2D eigenvalue weighted by atomic mass is 10.1. The molecule has 0 unspecified atom stereocenters. The average Bonchev–Trinajstić information content (AvgIpc) is 3.03. The molecule has 0 saturated carbocycles. The average molecular weight is 343 g/mol. The lowest BCUT2D eigenvalue weighted by molar-refractivity contribution is 0.376. The van der Waals surface area contributed by atoms with E-state index in [-0.39, 0.29) is 18.2 Å². The molecule has 3 rings (SSSR count). The Morgan fingerprint density at radius 2 is 1.75 bits per heavy atom. The fraction of sp³-hybridized carbons (Fsp3) is 0.176. The quantitative estimate of drug-likeness (QED) is 0.744. The van der Waals surface area contributed by atoms with Crippen LogP contribution in [-0.2, 0) is 22.3 Å². The van der Waals surface area contributed by atoms with E-state index in [1.165, 1.54) is 0 Å². The Morgan fingerprint density at radius 1 is 1.04 bits per heavy atom. The topological polar surface area (TPSA) is 85.1 Å². The van der Waals surface area contributed by atoms with Gasteiger partial charge in [-0.1, -0.05) is 65.3 Å². The summed E-state index contributed by atoms with van der Waals surface area (Å²) in [6.07, 6.45) is 0. The minimum Gasteiger partial charge on any atom is -0.338 e. The Bertz CT molecular complexity index is 904. The Kier molecular flexibility index (Phi) is 4.73. The van der Waals surface area contributed by atoms with Crippen LogP contribution in [-0.4, -0.2) is 18.6 Å². The number of sulfonamides is 1. The maximum absolute atomic E-state index is 12.1. The molecular formula is C17H17N3O3S. The molecule has 0 amide bonds. The van der Waals surface area contributed by atoms with Crippen molar-refractivity contribution < 1.29 is 12.9 Å². The lowest BCUT2D eigenvalue weighted by Gasteiger charge is -2.04. The molecule has 0 aliphatic carbocycles. The van der Waals surface area contributed by atoms with Gasteiger partial charge in [0.05, 0.1) is 12.3 Å². The van der Waals surface area contributed by atoms with Crippen LogP contribution in [0.3, 0.4) is 0 Å². The zero-order chi connectivity index (χ0) is 17.0. The van der Waals surface area contributed by atoms with Crippen molar-refractivity contribution in [3.05, 3.63) is 71.6 Å². The fourth-order valence-corrected chi connectivity index (χ4v) is 3.24. The van der Waals surface area contributed by atoms with Crippen molar-refractivity contribution in [3.63, 3.8) is 0 Å². The number of nitrogens with one attached hydrogen (secondary N) is 1. The molecule has 24 heavy (non-hydrogen) atoms. The number of rotatable bonds is 6. The van der Waals surface area contributed by atoms with Crippen LogP contribution in [0.1, 0.15) is 17.0 Å². The SMILES string of the molecule is Cc1ccc(-c2noc(CNS(=O)(=O)Cc3ccccc3)n2)cc1. The molecule has 7 heteroatoms. The largest absolute Gasteiger partial charge is 0.338 e. The third kappa shape index (κ3) is 4.27. The first-order valence-corrected chi connectivity index (χ1v) is 9.08. The van der Waals surface area contributed by atoms with Gasteiger partial charge in [-0.2, -0.15) is 4.98 Å². The van der Waals surface area contributed by atoms with Crippen molar-refractivity contribution in [1.29, 1.82) is 0 Å². The standard InChI is InChI=1S/C17H17N3O3S/c1-13-7-9-15(10-8-13)17-19-16(23-20-17)11-18-24(21,22)12-14-5-3-2-4-6-14/h2-10,18H,11-12H2,1H3. The van der Waals surface area contributed by atoms with Crippen LogP contribution in [0.15, 0.2) is 59.1 Å². The normalized spacial score (nSPS) is 11.5. The van der Waals surface area contributed by atoms with Crippen LogP contribution in [0, 0.1) is 6.92 Å². The molecule has 0 aliphatic rings. The second kappa shape index (κ2) is 6.94. The highest BCUT2D eigenvalue weighted by Crippen LogP contribution is 2.16. The molecule has 0 bridgehead atoms. The molecule has 0 radical (unpaired) electrons. The second-order valence-electron chi connectivity index (χ2n) is 5.44. The third-order valence-corrected chi connectivity index (χ3v) is 4.72. The van der Waals surface area contributed by atoms with Gasteiger partial charge in [0.15, 0.2) is 0 Å². The van der Waals surface area contributed by atoms with Crippen molar-refractivity contribution in [2.24, 2.45) is 0 Å². The molecule has 0 saturated heterocycles. The minimum atomic E-state index is -3.47. The first kappa shape index (κ1) is 16.4. The first-order valence-electron chi connectivity index (χ1n) is 7.43. The third-order valence-electron chi connectivity index (χ3n) is 3.42. The number of nitrogens with zero attached hydrogens (tertiary/aromatic N) is 2. The van der Waals surface area contributed by atoms with Gasteiger partial charge in [-0.25, -0.2) is 13.1 Å². The summed E-state index contributed by atoms with van der Waals surface area (Å²) in [4.78, 5) is 4.22. The van der Waals surface area contributed by atoms with E-state index in [1.807, 2.05) is 37.3 Å². The first-order chi connectivity index (χ1) is 11.5. The summed E-state index contributed by atoms with van der Waals surface area (Å²) in [5.41, 5.74) is 2.68. The number of hydrogen-bond acceptors (Lipinski definition) is 5. The van der Waals surface area contributed by atoms with Crippen LogP contribution in [0.25, 0.3) is 11.4 Å². The summed E-state index contributed by atoms with van der Waals surface area (Å²) in [6.45, 7) is 1.96. The van der Waals surface area contributed by atoms with Crippen LogP contribution in [0.4, 0.5) is 0 Å². The van der Waals surface area contributed by atoms with Gasteiger partial charge >= 0.3 is 0 Å². The maximum atomic E-state index is 12.1. The van der Waals surface area contributed by atoms with Gasteiger partial charge in [0, 0.05) is 5.56 Å². The molecule has 6 nitrogen and oxygen atoms in total. The minimum absolute atomic E-state index is 0.0337. The highest BCUT2D eigenvalue weighted by Gasteiger charge is 2.14. The van der Waals surface area contributed by atoms with Gasteiger partial charge in [0.1, 0.15) is 0 Å². The van der Waals surface area contributed by atoms with Gasteiger partial charge in [0.25, 0.3) is 0 Å². The van der Waals surface area contributed by atoms with Crippen LogP contribution in [0.2, 0.25) is 0 Å². The molecule has 124 valence electrons. The molecule has 1 N–H and O–H groups in total. The summed E-state index contributed by atoms with van der Waals surface area (Å²) >= 11 is 0. The van der Waals surface area contributed by atoms with Crippen molar-refractivity contribution in [3.8, 4) is 11.4 Å². The predicted molar refractivity (Wildman–Crippen MR) is 90.4 cm³/mol. The van der Waals surface area contributed by atoms with E-state index >= 15 is 0 Å². The van der Waals surface area contributed by atoms with Crippen LogP contribution < -0.4 is 4.72 Å². The molecular weight excluding hydrogens is 326 g/mol. The van der Waals surface area contributed by atoms with E-state index in [4.69, 9.17) is 4.52 Å². The number of aromatic nitrogens is 2. The number of hydrogen-bond donors (Lipinski definition) is 1. The lowest BCUT2D eigenvalue weighted by Crippen LogP contribution is -2.24. The van der Waals surface area contributed by atoms with E-state index in [0.717, 1.165) is 16.7 Å². The Balaban J connectivity index is 1.63. The molecule has 0 aliphatic heterocycles. The van der Waals surface area contributed by atoms with E-state index < -0.39 is 10.0 Å². The molecule has 0 spiro atoms. The molecule has 1 aromatic heterocycles. The summed E-state index contributed by atoms with van der Waals surface area (Å²) in [5, 5.41) is 3.88. The molecule has 2 aromatic carbocycles. The van der Waals surface area contributed by atoms with E-state index in [1.54, 1.807) is 24.3 Å². The van der Waals surface area contributed by atoms with Crippen molar-refractivity contribution >= 4 is 10.0 Å². The second-order valence-corrected chi connectivity index (χ2v) is 7.25. The van der Waals surface area contributed by atoms with Gasteiger partial charge < -0.3 is 4.52 Å². The van der Waals surface area contributed by atoms with E-state index in [2.05, 4.69) is 14.9 Å². The Hall–Kier alpha value is -2.51. The van der Waals surface area contributed by atoms with Gasteiger partial charge in [-0.05, 0) is 12.5 Å². The van der Waals surface area contributed by atoms with Crippen molar-refractivity contribution in [1.82, 2.24) is 14.9 Å². The van der Waals surface area contributed by atoms with E-state index in [9.17, 15) is 8.42 Å². The monoisotopic (exact) mass is 343 g/mol. The molecule has 0 atom stereocenters. The summed E-state index contributed by atoms with van der Waals surface area (Å²) in [6, 6.07) is 16.7. The summed E-state index contributed by atoms with van der Waals surface area (Å²) in [5.74, 6) is 0.571. The van der Waals surface area contributed by atoms with Gasteiger partial charge in [0.2, 0.25) is 21.7 Å². The van der Waals surface area contributed by atoms with E-state index in [0.29, 0.717) is 5.82 Å². The zero-order valence-electron chi connectivity index (χ0n) is 13.1. The molecule has 0 fully saturated rings. The predicted octanol–water partition coefficient (Wildman–Crippen LogP) is 2.66. The zero-order valence-corrected chi connectivity index (χ0v) is 14.0. The Morgan fingerprint density at radius 3 is 2.46 bits per heavy atom. The molecule has 1 heterocycles. The fourth-order valence-electron chi connectivity index (χ4n) is 2.16. The smallest absolute Gasteiger partial charge is 0.242 e. The number of benzene rings is 2. The van der Waals surface area contributed by atoms with Gasteiger partial charge in [-0.3, -0.25) is 0 Å². The molecule has 3 aromatic rings. The number of aryl methyl sites for hydroxylation is 1. The highest BCUT2D eigenvalue weighted by atomic mass is 32.2. The van der Waals surface area contributed by atoms with Crippen LogP contribution >= 0.6 is 0 Å². The maximum Gasteiger partial charge on any atom is 0.242 e. The summed E-state index contributed by atoms with van der Waals surface area (Å²) in [7, 11) is -3.47. The Labute approximate surface area is 140 Å².